The second-order valence-corrected chi connectivity index (χ2v) is 7.56. The maximum absolute atomic E-state index is 13.2. The third-order valence-corrected chi connectivity index (χ3v) is 6.07. The molecule has 0 unspecified atom stereocenters. The van der Waals surface area contributed by atoms with Crippen LogP contribution in [0, 0.1) is 0 Å². The fourth-order valence-corrected chi connectivity index (χ4v) is 4.76. The van der Waals surface area contributed by atoms with Crippen molar-refractivity contribution in [3.8, 4) is 11.1 Å². The fraction of sp³-hybridized carbons (Fsp3) is 0. The molecule has 130 valence electrons. The number of aromatic amines is 2. The zero-order chi connectivity index (χ0) is 18.4. The number of carbonyl (C=O) groups excluding carboxylic acids is 1. The van der Waals surface area contributed by atoms with Crippen LogP contribution in [0.4, 0.5) is 0 Å². The maximum atomic E-state index is 13.2. The van der Waals surface area contributed by atoms with Crippen LogP contribution in [0.5, 0.6) is 0 Å². The summed E-state index contributed by atoms with van der Waals surface area (Å²) in [6.45, 7) is 0. The van der Waals surface area contributed by atoms with Gasteiger partial charge in [0, 0.05) is 54.7 Å². The lowest BCUT2D eigenvalue weighted by molar-refractivity contribution is 0.104. The highest BCUT2D eigenvalue weighted by Crippen LogP contribution is 2.43. The first-order chi connectivity index (χ1) is 13.8. The molecule has 0 atom stereocenters. The van der Waals surface area contributed by atoms with E-state index in [2.05, 4.69) is 58.5 Å². The van der Waals surface area contributed by atoms with Crippen molar-refractivity contribution in [3.05, 3.63) is 83.9 Å². The van der Waals surface area contributed by atoms with E-state index in [1.54, 1.807) is 0 Å². The molecule has 1 aliphatic rings. The van der Waals surface area contributed by atoms with E-state index in [9.17, 15) is 4.79 Å². The molecule has 1 aliphatic carbocycles. The third kappa shape index (κ3) is 1.62. The van der Waals surface area contributed by atoms with Gasteiger partial charge in [-0.15, -0.1) is 0 Å². The van der Waals surface area contributed by atoms with Gasteiger partial charge in [-0.2, -0.15) is 0 Å². The van der Waals surface area contributed by atoms with E-state index in [0.29, 0.717) is 0 Å². The van der Waals surface area contributed by atoms with Crippen LogP contribution >= 0.6 is 0 Å². The molecule has 3 heteroatoms. The first-order valence-electron chi connectivity index (χ1n) is 9.42. The number of H-pyrrole nitrogens is 2. The summed E-state index contributed by atoms with van der Waals surface area (Å²) >= 11 is 0. The Morgan fingerprint density at radius 2 is 0.929 bits per heavy atom. The van der Waals surface area contributed by atoms with Crippen LogP contribution in [-0.4, -0.2) is 15.8 Å². The van der Waals surface area contributed by atoms with Crippen molar-refractivity contribution in [2.75, 3.05) is 0 Å². The van der Waals surface area contributed by atoms with E-state index >= 15 is 0 Å². The van der Waals surface area contributed by atoms with Crippen LogP contribution in [0.25, 0.3) is 54.7 Å². The van der Waals surface area contributed by atoms with Crippen molar-refractivity contribution in [2.45, 2.75) is 0 Å². The summed E-state index contributed by atoms with van der Waals surface area (Å²) < 4.78 is 0. The predicted octanol–water partition coefficient (Wildman–Crippen LogP) is 6.17. The topological polar surface area (TPSA) is 48.6 Å². The van der Waals surface area contributed by atoms with Crippen LogP contribution in [0.3, 0.4) is 0 Å². The lowest BCUT2D eigenvalue weighted by Crippen LogP contribution is -1.94. The van der Waals surface area contributed by atoms with Gasteiger partial charge in [0.05, 0.1) is 0 Å². The molecule has 2 heterocycles. The molecule has 0 aliphatic heterocycles. The van der Waals surface area contributed by atoms with Gasteiger partial charge in [0.2, 0.25) is 0 Å². The predicted molar refractivity (Wildman–Crippen MR) is 114 cm³/mol. The lowest BCUT2D eigenvalue weighted by Gasteiger charge is -2.02. The molecular formula is C25H14N2O. The van der Waals surface area contributed by atoms with Gasteiger partial charge >= 0.3 is 0 Å². The quantitative estimate of drug-likeness (QED) is 0.335. The number of rotatable bonds is 0. The highest BCUT2D eigenvalue weighted by molar-refractivity contribution is 6.27. The second-order valence-electron chi connectivity index (χ2n) is 7.56. The largest absolute Gasteiger partial charge is 0.354 e. The van der Waals surface area contributed by atoms with E-state index in [1.807, 2.05) is 24.3 Å². The monoisotopic (exact) mass is 358 g/mol. The van der Waals surface area contributed by atoms with Gasteiger partial charge in [-0.1, -0.05) is 36.4 Å². The highest BCUT2D eigenvalue weighted by atomic mass is 16.1. The third-order valence-electron chi connectivity index (χ3n) is 6.07. The van der Waals surface area contributed by atoms with Crippen LogP contribution < -0.4 is 0 Å². The van der Waals surface area contributed by atoms with Crippen LogP contribution in [-0.2, 0) is 0 Å². The second kappa shape index (κ2) is 4.70. The van der Waals surface area contributed by atoms with Crippen molar-refractivity contribution in [1.29, 1.82) is 0 Å². The van der Waals surface area contributed by atoms with Crippen molar-refractivity contribution >= 4 is 49.4 Å². The van der Waals surface area contributed by atoms with Gasteiger partial charge < -0.3 is 9.97 Å². The zero-order valence-electron chi connectivity index (χ0n) is 14.8. The van der Waals surface area contributed by atoms with Crippen molar-refractivity contribution in [3.63, 3.8) is 0 Å². The Hall–Kier alpha value is -3.85. The Kier molecular flexibility index (Phi) is 2.39. The molecule has 28 heavy (non-hydrogen) atoms. The SMILES string of the molecule is O=C1c2cc3[nH]c4ccccc4c3cc2-c2cc3c(cc21)[nH]c1ccccc13. The normalized spacial score (nSPS) is 13.1. The molecule has 0 fully saturated rings. The summed E-state index contributed by atoms with van der Waals surface area (Å²) in [4.78, 5) is 20.1. The zero-order valence-corrected chi connectivity index (χ0v) is 14.8. The summed E-state index contributed by atoms with van der Waals surface area (Å²) in [7, 11) is 0. The first-order valence-corrected chi connectivity index (χ1v) is 9.42. The Morgan fingerprint density at radius 1 is 0.464 bits per heavy atom. The van der Waals surface area contributed by atoms with E-state index in [0.717, 1.165) is 55.1 Å². The Labute approximate surface area is 159 Å². The van der Waals surface area contributed by atoms with Crippen LogP contribution in [0.1, 0.15) is 15.9 Å². The molecule has 0 spiro atoms. The Bertz CT molecular complexity index is 1510. The molecule has 7 rings (SSSR count). The molecule has 0 radical (unpaired) electrons. The van der Waals surface area contributed by atoms with Crippen molar-refractivity contribution in [2.24, 2.45) is 0 Å². The van der Waals surface area contributed by atoms with Gasteiger partial charge in [-0.3, -0.25) is 4.79 Å². The fourth-order valence-electron chi connectivity index (χ4n) is 4.76. The number of hydrogen-bond acceptors (Lipinski definition) is 1. The number of ketones is 1. The van der Waals surface area contributed by atoms with Crippen molar-refractivity contribution < 1.29 is 4.79 Å². The number of carbonyl (C=O) groups is 1. The van der Waals surface area contributed by atoms with E-state index in [1.165, 1.54) is 10.8 Å². The van der Waals surface area contributed by atoms with Crippen LogP contribution in [0.15, 0.2) is 72.8 Å². The summed E-state index contributed by atoms with van der Waals surface area (Å²) in [6, 6.07) is 24.9. The summed E-state index contributed by atoms with van der Waals surface area (Å²) in [6.07, 6.45) is 0. The molecule has 0 saturated heterocycles. The standard InChI is InChI=1S/C25H14N2O/c28-25-19-11-23-17(13-5-1-3-7-21(13)26-23)9-15(19)16-10-18-14-6-2-4-8-22(14)27-24(18)12-20(16)25/h1-12,26-27H. The van der Waals surface area contributed by atoms with E-state index in [4.69, 9.17) is 0 Å². The molecule has 0 amide bonds. The number of benzene rings is 4. The van der Waals surface area contributed by atoms with Gasteiger partial charge in [0.15, 0.2) is 5.78 Å². The summed E-state index contributed by atoms with van der Waals surface area (Å²) in [5.41, 5.74) is 7.85. The minimum Gasteiger partial charge on any atom is -0.354 e. The smallest absolute Gasteiger partial charge is 0.194 e. The number of hydrogen-bond donors (Lipinski definition) is 2. The van der Waals surface area contributed by atoms with Gasteiger partial charge in [0.1, 0.15) is 0 Å². The summed E-state index contributed by atoms with van der Waals surface area (Å²) in [5, 5.41) is 4.70. The van der Waals surface area contributed by atoms with E-state index < -0.39 is 0 Å². The summed E-state index contributed by atoms with van der Waals surface area (Å²) in [5.74, 6) is 0.103. The lowest BCUT2D eigenvalue weighted by atomic mass is 10.0. The van der Waals surface area contributed by atoms with Gasteiger partial charge in [0.25, 0.3) is 0 Å². The molecule has 4 aromatic carbocycles. The Balaban J connectivity index is 1.60. The maximum Gasteiger partial charge on any atom is 0.194 e. The van der Waals surface area contributed by atoms with Crippen LogP contribution in [0.2, 0.25) is 0 Å². The molecule has 2 aromatic heterocycles. The molecule has 2 N–H and O–H groups in total. The van der Waals surface area contributed by atoms with Gasteiger partial charge in [-0.05, 0) is 47.5 Å². The molecule has 3 nitrogen and oxygen atoms in total. The van der Waals surface area contributed by atoms with E-state index in [-0.39, 0.29) is 5.78 Å². The molecule has 0 bridgehead atoms. The average molecular weight is 358 g/mol. The minimum absolute atomic E-state index is 0.103. The number of fused-ring (bicyclic) bond motifs is 9. The minimum atomic E-state index is 0.103. The van der Waals surface area contributed by atoms with Crippen molar-refractivity contribution in [1.82, 2.24) is 9.97 Å². The number of para-hydroxylation sites is 2. The average Bonchev–Trinajstić information content (AvgIpc) is 3.35. The first kappa shape index (κ1) is 14.2. The highest BCUT2D eigenvalue weighted by Gasteiger charge is 2.29. The molecule has 6 aromatic rings. The Morgan fingerprint density at radius 3 is 1.43 bits per heavy atom. The molecule has 0 saturated carbocycles. The number of aromatic nitrogens is 2. The van der Waals surface area contributed by atoms with Gasteiger partial charge in [-0.25, -0.2) is 0 Å². The molecular weight excluding hydrogens is 344 g/mol. The number of nitrogens with one attached hydrogen (secondary N) is 2.